The number of aldehydes is 1. The molecule has 0 radical (unpaired) electrons. The van der Waals surface area contributed by atoms with E-state index in [-0.39, 0.29) is 20.9 Å². The van der Waals surface area contributed by atoms with E-state index in [9.17, 15) is 4.79 Å². The number of methoxy groups -OCH3 is 1. The predicted molar refractivity (Wildman–Crippen MR) is 205 cm³/mol. The molecule has 7 heteroatoms. The van der Waals surface area contributed by atoms with E-state index >= 15 is 4.39 Å². The molecule has 0 heterocycles. The Hall–Kier alpha value is -4.54. The first-order valence-electron chi connectivity index (χ1n) is 15.8. The lowest BCUT2D eigenvalue weighted by Crippen LogP contribution is -2.10. The summed E-state index contributed by atoms with van der Waals surface area (Å²) in [6.07, 6.45) is 1.16. The monoisotopic (exact) mass is 674 g/mol. The van der Waals surface area contributed by atoms with Gasteiger partial charge in [0.2, 0.25) is 0 Å². The number of aryl methyl sites for hydroxylation is 3. The molecule has 1 atom stereocenters. The topological polar surface area (TPSA) is 72.8 Å². The Morgan fingerprint density at radius 3 is 1.58 bits per heavy atom. The Bertz CT molecular complexity index is 1550. The average molecular weight is 675 g/mol. The van der Waals surface area contributed by atoms with Crippen LogP contribution in [0.4, 0.5) is 4.39 Å². The van der Waals surface area contributed by atoms with Gasteiger partial charge in [0.15, 0.2) is 0 Å². The van der Waals surface area contributed by atoms with Gasteiger partial charge < -0.3 is 14.6 Å². The number of ether oxygens (including phenoxy) is 2. The molecule has 0 aliphatic carbocycles. The molecule has 0 bridgehead atoms. The highest BCUT2D eigenvalue weighted by Crippen LogP contribution is 2.32. The number of hydrogen-bond acceptors (Lipinski definition) is 4. The van der Waals surface area contributed by atoms with E-state index in [1.54, 1.807) is 20.1 Å². The standard InChI is InChI=1S/C32H32FO2P.C4H6O.2C2H6.CH2O2/c1-20(2)24-7-9-25(10-8-24)27-15-21(3)31(22(4)16-27)35-19-36-32-23(5)17-28(18-30(32)33)26-11-13-29(34-6)14-12-26;1-4(2)3-5;2*1-2;2-1-3/h7-18,36H,1,19H2,2-6H3;3H,1H2,2H3;2*1-2H3;1H,(H,2,3). The fraction of sp³-hybridized carbons (Fsp3) is 0.268. The van der Waals surface area contributed by atoms with Gasteiger partial charge in [0, 0.05) is 5.30 Å². The van der Waals surface area contributed by atoms with E-state index in [4.69, 9.17) is 19.4 Å². The molecule has 0 aliphatic heterocycles. The Morgan fingerprint density at radius 2 is 1.19 bits per heavy atom. The molecule has 0 aliphatic rings. The number of halogens is 1. The third-order valence-corrected chi connectivity index (χ3v) is 7.82. The van der Waals surface area contributed by atoms with E-state index < -0.39 is 0 Å². The zero-order valence-electron chi connectivity index (χ0n) is 30.2. The molecule has 0 spiro atoms. The molecular weight excluding hydrogens is 622 g/mol. The van der Waals surface area contributed by atoms with E-state index in [1.807, 2.05) is 71.9 Å². The lowest BCUT2D eigenvalue weighted by Gasteiger charge is -2.16. The van der Waals surface area contributed by atoms with Gasteiger partial charge in [-0.25, -0.2) is 4.39 Å². The highest BCUT2D eigenvalue weighted by atomic mass is 31.1. The highest BCUT2D eigenvalue weighted by molar-refractivity contribution is 7.47. The van der Waals surface area contributed by atoms with Gasteiger partial charge in [0.1, 0.15) is 30.0 Å². The maximum absolute atomic E-state index is 15.1. The molecule has 1 N–H and O–H groups in total. The molecule has 0 saturated heterocycles. The molecule has 4 rings (SSSR count). The number of hydrogen-bond donors (Lipinski definition) is 1. The summed E-state index contributed by atoms with van der Waals surface area (Å²) in [5.41, 5.74) is 10.0. The van der Waals surface area contributed by atoms with Crippen molar-refractivity contribution in [1.82, 2.24) is 0 Å². The number of carbonyl (C=O) groups is 2. The van der Waals surface area contributed by atoms with Gasteiger partial charge in [0.05, 0.1) is 7.11 Å². The number of carbonyl (C=O) groups excluding carboxylic acids is 1. The molecule has 0 fully saturated rings. The van der Waals surface area contributed by atoms with Crippen molar-refractivity contribution < 1.29 is 28.6 Å². The minimum absolute atomic E-state index is 0.190. The minimum Gasteiger partial charge on any atom is -0.497 e. The molecular formula is C41H52FO5P. The lowest BCUT2D eigenvalue weighted by molar-refractivity contribution is -0.122. The van der Waals surface area contributed by atoms with Gasteiger partial charge in [0.25, 0.3) is 6.47 Å². The summed E-state index contributed by atoms with van der Waals surface area (Å²) in [7, 11) is 1.85. The van der Waals surface area contributed by atoms with Gasteiger partial charge in [-0.3, -0.25) is 9.59 Å². The summed E-state index contributed by atoms with van der Waals surface area (Å²) in [5, 5.41) is 7.61. The Labute approximate surface area is 289 Å². The van der Waals surface area contributed by atoms with Crippen molar-refractivity contribution in [3.05, 3.63) is 120 Å². The third-order valence-electron chi connectivity index (χ3n) is 6.55. The fourth-order valence-corrected chi connectivity index (χ4v) is 5.34. The molecule has 48 heavy (non-hydrogen) atoms. The zero-order chi connectivity index (χ0) is 36.8. The number of allylic oxidation sites excluding steroid dienone is 2. The van der Waals surface area contributed by atoms with Gasteiger partial charge in [-0.1, -0.05) is 88.9 Å². The van der Waals surface area contributed by atoms with Crippen LogP contribution < -0.4 is 14.8 Å². The zero-order valence-corrected chi connectivity index (χ0v) is 31.2. The smallest absolute Gasteiger partial charge is 0.290 e. The van der Waals surface area contributed by atoms with E-state index in [1.165, 1.54) is 0 Å². The molecule has 5 nitrogen and oxygen atoms in total. The number of rotatable bonds is 9. The van der Waals surface area contributed by atoms with Crippen LogP contribution >= 0.6 is 8.58 Å². The summed E-state index contributed by atoms with van der Waals surface area (Å²) < 4.78 is 26.5. The maximum Gasteiger partial charge on any atom is 0.290 e. The van der Waals surface area contributed by atoms with Gasteiger partial charge in [-0.2, -0.15) is 0 Å². The predicted octanol–water partition coefficient (Wildman–Crippen LogP) is 11.0. The quantitative estimate of drug-likeness (QED) is 0.109. The van der Waals surface area contributed by atoms with Crippen LogP contribution in [0.2, 0.25) is 0 Å². The molecule has 4 aromatic rings. The van der Waals surface area contributed by atoms with Crippen LogP contribution in [0.1, 0.15) is 63.8 Å². The van der Waals surface area contributed by atoms with Crippen molar-refractivity contribution in [2.75, 3.05) is 13.5 Å². The summed E-state index contributed by atoms with van der Waals surface area (Å²) in [4.78, 5) is 17.8. The molecule has 258 valence electrons. The fourth-order valence-electron chi connectivity index (χ4n) is 4.39. The SMILES string of the molecule is C=C(C)C=O.C=C(C)c1ccc(-c2cc(C)c(OCPc3c(C)cc(-c4ccc(OC)cc4)cc3F)c(C)c2)cc1.CC.CC.O=CO. The molecule has 0 aromatic heterocycles. The number of benzene rings is 4. The Balaban J connectivity index is 0.00000161. The van der Waals surface area contributed by atoms with Crippen molar-refractivity contribution in [2.45, 2.75) is 62.3 Å². The van der Waals surface area contributed by atoms with Gasteiger partial charge in [-0.05, 0) is 124 Å². The minimum atomic E-state index is -0.250. The van der Waals surface area contributed by atoms with Crippen molar-refractivity contribution in [2.24, 2.45) is 0 Å². The van der Waals surface area contributed by atoms with Crippen LogP contribution in [0.3, 0.4) is 0 Å². The molecule has 4 aromatic carbocycles. The van der Waals surface area contributed by atoms with Gasteiger partial charge in [-0.15, -0.1) is 0 Å². The van der Waals surface area contributed by atoms with Crippen LogP contribution in [-0.2, 0) is 9.59 Å². The third kappa shape index (κ3) is 14.1. The Kier molecular flexibility index (Phi) is 21.5. The van der Waals surface area contributed by atoms with Crippen molar-refractivity contribution in [3.8, 4) is 33.8 Å². The van der Waals surface area contributed by atoms with Crippen LogP contribution in [0.5, 0.6) is 11.5 Å². The second-order valence-electron chi connectivity index (χ2n) is 10.2. The summed E-state index contributed by atoms with van der Waals surface area (Å²) >= 11 is 0. The first-order chi connectivity index (χ1) is 22.9. The van der Waals surface area contributed by atoms with Crippen molar-refractivity contribution >= 4 is 32.2 Å². The van der Waals surface area contributed by atoms with Crippen molar-refractivity contribution in [3.63, 3.8) is 0 Å². The normalized spacial score (nSPS) is 9.56. The van der Waals surface area contributed by atoms with E-state index in [2.05, 4.69) is 63.4 Å². The summed E-state index contributed by atoms with van der Waals surface area (Å²) in [5.74, 6) is 1.47. The Morgan fingerprint density at radius 1 is 0.771 bits per heavy atom. The van der Waals surface area contributed by atoms with Gasteiger partial charge >= 0.3 is 0 Å². The molecule has 0 saturated carbocycles. The molecule has 0 amide bonds. The maximum atomic E-state index is 15.1. The number of carboxylic acid groups (broad SMARTS) is 1. The summed E-state index contributed by atoms with van der Waals surface area (Å²) in [6, 6.07) is 24.1. The van der Waals surface area contributed by atoms with Crippen LogP contribution in [0.15, 0.2) is 91.5 Å². The van der Waals surface area contributed by atoms with E-state index in [0.717, 1.165) is 73.2 Å². The van der Waals surface area contributed by atoms with Crippen LogP contribution in [0, 0.1) is 26.6 Å². The lowest BCUT2D eigenvalue weighted by atomic mass is 9.98. The second-order valence-corrected chi connectivity index (χ2v) is 11.4. The first kappa shape index (κ1) is 43.5. The largest absolute Gasteiger partial charge is 0.497 e. The second kappa shape index (κ2) is 23.7. The summed E-state index contributed by atoms with van der Waals surface area (Å²) in [6.45, 7) is 24.8. The molecule has 1 unspecified atom stereocenters. The highest BCUT2D eigenvalue weighted by Gasteiger charge is 2.12. The average Bonchev–Trinajstić information content (AvgIpc) is 3.09. The first-order valence-corrected chi connectivity index (χ1v) is 17.0. The van der Waals surface area contributed by atoms with Crippen LogP contribution in [-0.4, -0.2) is 31.3 Å². The van der Waals surface area contributed by atoms with Crippen molar-refractivity contribution in [1.29, 1.82) is 0 Å². The van der Waals surface area contributed by atoms with E-state index in [0.29, 0.717) is 11.9 Å². The van der Waals surface area contributed by atoms with Crippen LogP contribution in [0.25, 0.3) is 27.8 Å².